The predicted molar refractivity (Wildman–Crippen MR) is 110 cm³/mol. The molecule has 1 aromatic carbocycles. The summed E-state index contributed by atoms with van der Waals surface area (Å²) in [6.45, 7) is 7.82. The van der Waals surface area contributed by atoms with E-state index in [1.165, 1.54) is 0 Å². The highest BCUT2D eigenvalue weighted by atomic mass is 32.2. The van der Waals surface area contributed by atoms with Crippen LogP contribution in [-0.2, 0) is 14.8 Å². The van der Waals surface area contributed by atoms with E-state index in [1.807, 2.05) is 0 Å². The van der Waals surface area contributed by atoms with Crippen molar-refractivity contribution in [1.29, 1.82) is 0 Å². The molecule has 152 valence electrons. The predicted octanol–water partition coefficient (Wildman–Crippen LogP) is 2.39. The summed E-state index contributed by atoms with van der Waals surface area (Å²) in [6, 6.07) is 9.64. The zero-order valence-corrected chi connectivity index (χ0v) is 17.6. The molecule has 0 bridgehead atoms. The van der Waals surface area contributed by atoms with Crippen LogP contribution in [0.4, 0.5) is 5.69 Å². The van der Waals surface area contributed by atoms with Gasteiger partial charge in [-0.1, -0.05) is 6.07 Å². The number of carbonyl (C=O) groups is 1. The minimum Gasteiger partial charge on any atom is -0.379 e. The number of sulfonamides is 1. The van der Waals surface area contributed by atoms with Gasteiger partial charge < -0.3 is 10.1 Å². The Morgan fingerprint density at radius 2 is 1.86 bits per heavy atom. The number of ether oxygens (including phenoxy) is 1. The molecule has 9 heteroatoms. The molecule has 2 aromatic rings. The smallest absolute Gasteiger partial charge is 0.271 e. The molecule has 7 nitrogen and oxygen atoms in total. The molecule has 1 fully saturated rings. The Labute approximate surface area is 169 Å². The molecule has 1 saturated heterocycles. The summed E-state index contributed by atoms with van der Waals surface area (Å²) in [4.78, 5) is 14.8. The van der Waals surface area contributed by atoms with E-state index in [4.69, 9.17) is 4.74 Å². The minimum atomic E-state index is -3.59. The standard InChI is InChI=1S/C19H25N3O4S2/c1-19(2,22-9-11-26-12-10-22)14-20-18(23)15-5-7-16(8-6-15)21-28(24,25)17-4-3-13-27-17/h3-8,13,21H,9-12,14H2,1-2H3,(H,20,23). The monoisotopic (exact) mass is 423 g/mol. The molecule has 2 N–H and O–H groups in total. The number of hydrogen-bond acceptors (Lipinski definition) is 6. The number of nitrogens with zero attached hydrogens (tertiary/aromatic N) is 1. The molecule has 0 spiro atoms. The van der Waals surface area contributed by atoms with Crippen molar-refractivity contribution in [2.75, 3.05) is 37.6 Å². The second-order valence-corrected chi connectivity index (χ2v) is 10.1. The molecule has 2 heterocycles. The van der Waals surface area contributed by atoms with E-state index in [0.717, 1.165) is 24.4 Å². The third-order valence-electron chi connectivity index (χ3n) is 4.71. The van der Waals surface area contributed by atoms with Crippen LogP contribution in [-0.4, -0.2) is 57.6 Å². The number of benzene rings is 1. The lowest BCUT2D eigenvalue weighted by Crippen LogP contribution is -2.55. The molecule has 1 aliphatic rings. The fourth-order valence-corrected chi connectivity index (χ4v) is 5.04. The lowest BCUT2D eigenvalue weighted by Gasteiger charge is -2.40. The molecule has 0 saturated carbocycles. The van der Waals surface area contributed by atoms with Gasteiger partial charge in [-0.15, -0.1) is 11.3 Å². The Morgan fingerprint density at radius 3 is 2.46 bits per heavy atom. The lowest BCUT2D eigenvalue weighted by molar-refractivity contribution is -0.00923. The van der Waals surface area contributed by atoms with Gasteiger partial charge in [-0.3, -0.25) is 14.4 Å². The van der Waals surface area contributed by atoms with Gasteiger partial charge in [0.15, 0.2) is 0 Å². The van der Waals surface area contributed by atoms with Crippen LogP contribution in [0.5, 0.6) is 0 Å². The Balaban J connectivity index is 1.58. The summed E-state index contributed by atoms with van der Waals surface area (Å²) in [5, 5.41) is 4.68. The molecular formula is C19H25N3O4S2. The first-order valence-corrected chi connectivity index (χ1v) is 11.4. The topological polar surface area (TPSA) is 87.7 Å². The second kappa shape index (κ2) is 8.60. The van der Waals surface area contributed by atoms with Crippen LogP contribution in [0.2, 0.25) is 0 Å². The second-order valence-electron chi connectivity index (χ2n) is 7.21. The molecular weight excluding hydrogens is 398 g/mol. The SMILES string of the molecule is CC(C)(CNC(=O)c1ccc(NS(=O)(=O)c2cccs2)cc1)N1CCOCC1. The van der Waals surface area contributed by atoms with Crippen LogP contribution >= 0.6 is 11.3 Å². The molecule has 1 aliphatic heterocycles. The largest absolute Gasteiger partial charge is 0.379 e. The number of nitrogens with one attached hydrogen (secondary N) is 2. The van der Waals surface area contributed by atoms with Gasteiger partial charge in [-0.05, 0) is 49.6 Å². The Bertz CT molecular complexity index is 888. The van der Waals surface area contributed by atoms with E-state index in [9.17, 15) is 13.2 Å². The van der Waals surface area contributed by atoms with Gasteiger partial charge in [-0.25, -0.2) is 8.42 Å². The van der Waals surface area contributed by atoms with Crippen molar-refractivity contribution in [3.63, 3.8) is 0 Å². The van der Waals surface area contributed by atoms with Crippen LogP contribution in [0.15, 0.2) is 46.0 Å². The fraction of sp³-hybridized carbons (Fsp3) is 0.421. The Kier molecular flexibility index (Phi) is 6.39. The van der Waals surface area contributed by atoms with Gasteiger partial charge in [0.05, 0.1) is 13.2 Å². The van der Waals surface area contributed by atoms with E-state index >= 15 is 0 Å². The van der Waals surface area contributed by atoms with Crippen LogP contribution in [0.3, 0.4) is 0 Å². The summed E-state index contributed by atoms with van der Waals surface area (Å²) in [7, 11) is -3.59. The quantitative estimate of drug-likeness (QED) is 0.714. The average molecular weight is 424 g/mol. The zero-order valence-electron chi connectivity index (χ0n) is 16.0. The van der Waals surface area contributed by atoms with Gasteiger partial charge >= 0.3 is 0 Å². The first-order valence-electron chi connectivity index (χ1n) is 9.05. The summed E-state index contributed by atoms with van der Waals surface area (Å²) < 4.78 is 32.7. The van der Waals surface area contributed by atoms with Crippen molar-refractivity contribution in [3.8, 4) is 0 Å². The summed E-state index contributed by atoms with van der Waals surface area (Å²) in [5.41, 5.74) is 0.728. The number of thiophene rings is 1. The van der Waals surface area contributed by atoms with Gasteiger partial charge in [0.1, 0.15) is 4.21 Å². The van der Waals surface area contributed by atoms with Gasteiger partial charge in [0, 0.05) is 36.4 Å². The number of rotatable bonds is 7. The molecule has 0 radical (unpaired) electrons. The molecule has 0 unspecified atom stereocenters. The molecule has 28 heavy (non-hydrogen) atoms. The maximum atomic E-state index is 12.5. The van der Waals surface area contributed by atoms with Crippen LogP contribution in [0.1, 0.15) is 24.2 Å². The summed E-state index contributed by atoms with van der Waals surface area (Å²) in [6.07, 6.45) is 0. The maximum absolute atomic E-state index is 12.5. The summed E-state index contributed by atoms with van der Waals surface area (Å²) in [5.74, 6) is -0.186. The molecule has 1 amide bonds. The van der Waals surface area contributed by atoms with E-state index < -0.39 is 10.0 Å². The van der Waals surface area contributed by atoms with Gasteiger partial charge in [0.2, 0.25) is 0 Å². The van der Waals surface area contributed by atoms with Gasteiger partial charge in [-0.2, -0.15) is 0 Å². The van der Waals surface area contributed by atoms with Crippen molar-refractivity contribution in [2.24, 2.45) is 0 Å². The first kappa shape index (κ1) is 20.8. The minimum absolute atomic E-state index is 0.171. The lowest BCUT2D eigenvalue weighted by atomic mass is 10.0. The molecule has 0 atom stereocenters. The van der Waals surface area contributed by atoms with Crippen LogP contribution in [0.25, 0.3) is 0 Å². The number of morpholine rings is 1. The number of anilines is 1. The Morgan fingerprint density at radius 1 is 1.18 bits per heavy atom. The van der Waals surface area contributed by atoms with E-state index in [2.05, 4.69) is 28.8 Å². The molecule has 0 aliphatic carbocycles. The van der Waals surface area contributed by atoms with Crippen LogP contribution < -0.4 is 10.0 Å². The van der Waals surface area contributed by atoms with E-state index in [0.29, 0.717) is 31.0 Å². The van der Waals surface area contributed by atoms with Crippen molar-refractivity contribution in [2.45, 2.75) is 23.6 Å². The van der Waals surface area contributed by atoms with E-state index in [-0.39, 0.29) is 15.7 Å². The summed E-state index contributed by atoms with van der Waals surface area (Å²) >= 11 is 1.15. The fourth-order valence-electron chi connectivity index (χ4n) is 2.99. The third-order valence-corrected chi connectivity index (χ3v) is 7.49. The maximum Gasteiger partial charge on any atom is 0.271 e. The highest BCUT2D eigenvalue weighted by molar-refractivity contribution is 7.94. The van der Waals surface area contributed by atoms with Crippen molar-refractivity contribution < 1.29 is 17.9 Å². The molecule has 1 aromatic heterocycles. The van der Waals surface area contributed by atoms with Gasteiger partial charge in [0.25, 0.3) is 15.9 Å². The van der Waals surface area contributed by atoms with E-state index in [1.54, 1.807) is 41.8 Å². The van der Waals surface area contributed by atoms with Crippen molar-refractivity contribution in [1.82, 2.24) is 10.2 Å². The normalized spacial score (nSPS) is 15.9. The number of carbonyl (C=O) groups excluding carboxylic acids is 1. The van der Waals surface area contributed by atoms with Crippen LogP contribution in [0, 0.1) is 0 Å². The third kappa shape index (κ3) is 5.11. The zero-order chi connectivity index (χ0) is 20.2. The first-order chi connectivity index (χ1) is 13.3. The Hall–Kier alpha value is -1.94. The van der Waals surface area contributed by atoms with Crippen molar-refractivity contribution in [3.05, 3.63) is 47.3 Å². The van der Waals surface area contributed by atoms with Crippen molar-refractivity contribution >= 4 is 33.0 Å². The number of amides is 1. The highest BCUT2D eigenvalue weighted by Gasteiger charge is 2.28. The number of hydrogen-bond donors (Lipinski definition) is 2. The highest BCUT2D eigenvalue weighted by Crippen LogP contribution is 2.20. The average Bonchev–Trinajstić information content (AvgIpc) is 3.23. The molecule has 3 rings (SSSR count).